The molecule has 0 saturated carbocycles. The van der Waals surface area contributed by atoms with E-state index in [0.29, 0.717) is 33.0 Å². The number of furan rings is 1. The summed E-state index contributed by atoms with van der Waals surface area (Å²) >= 11 is 6.01. The number of carboxylic acids is 1. The van der Waals surface area contributed by atoms with E-state index in [2.05, 4.69) is 4.98 Å². The summed E-state index contributed by atoms with van der Waals surface area (Å²) in [5.74, 6) is -0.470. The van der Waals surface area contributed by atoms with Gasteiger partial charge in [-0.1, -0.05) is 24.6 Å². The van der Waals surface area contributed by atoms with Gasteiger partial charge >= 0.3 is 5.97 Å². The summed E-state index contributed by atoms with van der Waals surface area (Å²) in [6, 6.07) is 14.4. The molecule has 4 aromatic rings. The molecule has 0 atom stereocenters. The smallest absolute Gasteiger partial charge is 0.336 e. The molecular weight excluding hydrogens is 338 g/mol. The second kappa shape index (κ2) is 5.90. The quantitative estimate of drug-likeness (QED) is 0.524. The van der Waals surface area contributed by atoms with Crippen molar-refractivity contribution in [3.8, 4) is 11.5 Å². The van der Waals surface area contributed by atoms with Gasteiger partial charge in [-0.15, -0.1) is 0 Å². The molecule has 0 aliphatic carbocycles. The molecule has 1 N–H and O–H groups in total. The van der Waals surface area contributed by atoms with Gasteiger partial charge in [0.25, 0.3) is 0 Å². The third kappa shape index (κ3) is 2.75. The lowest BCUT2D eigenvalue weighted by molar-refractivity contribution is 0.0699. The fourth-order valence-corrected chi connectivity index (χ4v) is 3.12. The Kier molecular flexibility index (Phi) is 3.70. The van der Waals surface area contributed by atoms with Gasteiger partial charge in [0.2, 0.25) is 0 Å². The maximum absolute atomic E-state index is 11.7. The zero-order valence-corrected chi connectivity index (χ0v) is 14.2. The van der Waals surface area contributed by atoms with Crippen molar-refractivity contribution in [2.24, 2.45) is 0 Å². The van der Waals surface area contributed by atoms with Gasteiger partial charge < -0.3 is 9.52 Å². The summed E-state index contributed by atoms with van der Waals surface area (Å²) in [4.78, 5) is 16.3. The van der Waals surface area contributed by atoms with Crippen molar-refractivity contribution >= 4 is 39.4 Å². The molecule has 0 aliphatic rings. The fourth-order valence-electron chi connectivity index (χ4n) is 2.94. The molecule has 2 aromatic carbocycles. The minimum absolute atomic E-state index is 0.216. The average molecular weight is 352 g/mol. The number of halogens is 1. The largest absolute Gasteiger partial charge is 0.478 e. The normalized spacial score (nSPS) is 11.3. The number of carbonyl (C=O) groups is 1. The first-order valence-corrected chi connectivity index (χ1v) is 8.29. The van der Waals surface area contributed by atoms with E-state index in [9.17, 15) is 9.90 Å². The molecule has 124 valence electrons. The molecule has 2 heterocycles. The maximum Gasteiger partial charge on any atom is 0.336 e. The molecule has 25 heavy (non-hydrogen) atoms. The number of nitrogens with zero attached hydrogens (tertiary/aromatic N) is 1. The highest BCUT2D eigenvalue weighted by atomic mass is 35.5. The Bertz CT molecular complexity index is 1130. The highest BCUT2D eigenvalue weighted by molar-refractivity contribution is 6.31. The zero-order chi connectivity index (χ0) is 17.6. The van der Waals surface area contributed by atoms with Crippen LogP contribution in [0.5, 0.6) is 0 Å². The maximum atomic E-state index is 11.7. The molecule has 0 spiro atoms. The Hall–Kier alpha value is -2.85. The van der Waals surface area contributed by atoms with Crippen LogP contribution >= 0.6 is 11.6 Å². The van der Waals surface area contributed by atoms with Gasteiger partial charge in [-0.25, -0.2) is 9.78 Å². The predicted octanol–water partition coefficient (Wildman–Crippen LogP) is 5.56. The molecule has 5 heteroatoms. The van der Waals surface area contributed by atoms with Crippen LogP contribution in [-0.4, -0.2) is 16.1 Å². The second-order valence-corrected chi connectivity index (χ2v) is 6.29. The summed E-state index contributed by atoms with van der Waals surface area (Å²) in [5.41, 5.74) is 3.09. The summed E-state index contributed by atoms with van der Waals surface area (Å²) in [7, 11) is 0. The topological polar surface area (TPSA) is 63.3 Å². The number of aryl methyl sites for hydroxylation is 1. The minimum atomic E-state index is -0.985. The fraction of sp³-hybridized carbons (Fsp3) is 0.100. The Morgan fingerprint density at radius 2 is 2.00 bits per heavy atom. The second-order valence-electron chi connectivity index (χ2n) is 5.86. The Labute approximate surface area is 148 Å². The summed E-state index contributed by atoms with van der Waals surface area (Å²) in [5, 5.41) is 11.7. The highest BCUT2D eigenvalue weighted by Crippen LogP contribution is 2.31. The van der Waals surface area contributed by atoms with E-state index in [4.69, 9.17) is 16.0 Å². The molecule has 0 unspecified atom stereocenters. The Morgan fingerprint density at radius 3 is 2.76 bits per heavy atom. The number of aromatic nitrogens is 1. The first-order chi connectivity index (χ1) is 12.0. The molecule has 0 bridgehead atoms. The van der Waals surface area contributed by atoms with E-state index >= 15 is 0 Å². The number of carboxylic acid groups (broad SMARTS) is 1. The van der Waals surface area contributed by atoms with Gasteiger partial charge in [0.1, 0.15) is 11.3 Å². The molecular formula is C20H14ClNO3. The SMILES string of the molecule is CCc1ccc2nc(-c3cc4cc(Cl)ccc4o3)cc(C(=O)O)c2c1. The van der Waals surface area contributed by atoms with E-state index in [1.54, 1.807) is 24.3 Å². The van der Waals surface area contributed by atoms with Crippen molar-refractivity contribution in [2.45, 2.75) is 13.3 Å². The first-order valence-electron chi connectivity index (χ1n) is 7.91. The van der Waals surface area contributed by atoms with E-state index in [0.717, 1.165) is 17.4 Å². The molecule has 0 fully saturated rings. The van der Waals surface area contributed by atoms with E-state index in [-0.39, 0.29) is 5.56 Å². The number of benzene rings is 2. The van der Waals surface area contributed by atoms with Gasteiger partial charge in [0, 0.05) is 15.8 Å². The summed E-state index contributed by atoms with van der Waals surface area (Å²) in [6.45, 7) is 2.03. The third-order valence-electron chi connectivity index (χ3n) is 4.24. The van der Waals surface area contributed by atoms with Gasteiger partial charge in [-0.2, -0.15) is 0 Å². The molecule has 4 nitrogen and oxygen atoms in total. The monoisotopic (exact) mass is 351 g/mol. The first kappa shape index (κ1) is 15.7. The summed E-state index contributed by atoms with van der Waals surface area (Å²) in [6.07, 6.45) is 0.834. The van der Waals surface area contributed by atoms with Crippen molar-refractivity contribution < 1.29 is 14.3 Å². The van der Waals surface area contributed by atoms with Crippen molar-refractivity contribution in [2.75, 3.05) is 0 Å². The third-order valence-corrected chi connectivity index (χ3v) is 4.48. The lowest BCUT2D eigenvalue weighted by Gasteiger charge is -2.07. The highest BCUT2D eigenvalue weighted by Gasteiger charge is 2.16. The van der Waals surface area contributed by atoms with Gasteiger partial charge in [-0.05, 0) is 54.4 Å². The van der Waals surface area contributed by atoms with Crippen LogP contribution < -0.4 is 0 Å². The van der Waals surface area contributed by atoms with E-state index < -0.39 is 5.97 Å². The van der Waals surface area contributed by atoms with Gasteiger partial charge in [0.15, 0.2) is 5.76 Å². The van der Waals surface area contributed by atoms with Crippen LogP contribution in [0.25, 0.3) is 33.3 Å². The molecule has 0 saturated heterocycles. The van der Waals surface area contributed by atoms with Crippen molar-refractivity contribution in [1.29, 1.82) is 0 Å². The van der Waals surface area contributed by atoms with Crippen molar-refractivity contribution in [3.05, 3.63) is 64.7 Å². The van der Waals surface area contributed by atoms with E-state index in [1.807, 2.05) is 31.2 Å². The van der Waals surface area contributed by atoms with Crippen LogP contribution in [0, 0.1) is 0 Å². The molecule has 0 radical (unpaired) electrons. The van der Waals surface area contributed by atoms with Crippen molar-refractivity contribution in [3.63, 3.8) is 0 Å². The number of aromatic carboxylic acids is 1. The zero-order valence-electron chi connectivity index (χ0n) is 13.4. The summed E-state index contributed by atoms with van der Waals surface area (Å²) < 4.78 is 5.82. The molecule has 2 aromatic heterocycles. The number of fused-ring (bicyclic) bond motifs is 2. The molecule has 0 aliphatic heterocycles. The van der Waals surface area contributed by atoms with Gasteiger partial charge in [-0.3, -0.25) is 0 Å². The number of hydrogen-bond acceptors (Lipinski definition) is 3. The molecule has 0 amide bonds. The van der Waals surface area contributed by atoms with Crippen LogP contribution in [0.3, 0.4) is 0 Å². The van der Waals surface area contributed by atoms with Crippen LogP contribution in [0.1, 0.15) is 22.8 Å². The number of pyridine rings is 1. The molecule has 4 rings (SSSR count). The van der Waals surface area contributed by atoms with Crippen molar-refractivity contribution in [1.82, 2.24) is 4.98 Å². The number of hydrogen-bond donors (Lipinski definition) is 1. The van der Waals surface area contributed by atoms with E-state index in [1.165, 1.54) is 0 Å². The van der Waals surface area contributed by atoms with Gasteiger partial charge in [0.05, 0.1) is 11.1 Å². The minimum Gasteiger partial charge on any atom is -0.478 e. The Balaban J connectivity index is 1.95. The Morgan fingerprint density at radius 1 is 1.16 bits per heavy atom. The standard InChI is InChI=1S/C20H14ClNO3/c1-2-11-3-5-16-14(7-11)15(20(23)24)10-17(22-16)19-9-12-8-13(21)4-6-18(12)25-19/h3-10H,2H2,1H3,(H,23,24). The van der Waals surface area contributed by atoms with Crippen LogP contribution in [0.4, 0.5) is 0 Å². The van der Waals surface area contributed by atoms with Crippen LogP contribution in [0.2, 0.25) is 5.02 Å². The van der Waals surface area contributed by atoms with Crippen LogP contribution in [-0.2, 0) is 6.42 Å². The average Bonchev–Trinajstić information content (AvgIpc) is 3.03. The predicted molar refractivity (Wildman–Crippen MR) is 98.3 cm³/mol. The van der Waals surface area contributed by atoms with Crippen LogP contribution in [0.15, 0.2) is 52.9 Å². The lowest BCUT2D eigenvalue weighted by Crippen LogP contribution is -2.00. The lowest BCUT2D eigenvalue weighted by atomic mass is 10.0. The number of rotatable bonds is 3.